The molecule has 1 atom stereocenters. The number of fused-ring (bicyclic) bond motifs is 1. The summed E-state index contributed by atoms with van der Waals surface area (Å²) in [5, 5.41) is 6.62. The Morgan fingerprint density at radius 1 is 1.45 bits per heavy atom. The SMILES string of the molecule is CCCNc1nc(N2CCSCC2C)c2ccsc2n1. The molecule has 0 aliphatic carbocycles. The Morgan fingerprint density at radius 2 is 2.35 bits per heavy atom. The van der Waals surface area contributed by atoms with Gasteiger partial charge in [-0.2, -0.15) is 16.7 Å². The van der Waals surface area contributed by atoms with Gasteiger partial charge in [0.05, 0.1) is 5.39 Å². The Kier molecular flexibility index (Phi) is 4.31. The first kappa shape index (κ1) is 13.9. The van der Waals surface area contributed by atoms with Gasteiger partial charge in [0, 0.05) is 30.6 Å². The van der Waals surface area contributed by atoms with Crippen molar-refractivity contribution in [3.8, 4) is 0 Å². The number of hydrogen-bond donors (Lipinski definition) is 1. The molecule has 1 aliphatic rings. The van der Waals surface area contributed by atoms with E-state index >= 15 is 0 Å². The molecule has 3 rings (SSSR count). The van der Waals surface area contributed by atoms with E-state index in [0.717, 1.165) is 36.1 Å². The molecule has 1 saturated heterocycles. The summed E-state index contributed by atoms with van der Waals surface area (Å²) >= 11 is 3.72. The Labute approximate surface area is 128 Å². The second kappa shape index (κ2) is 6.18. The minimum absolute atomic E-state index is 0.533. The van der Waals surface area contributed by atoms with Crippen molar-refractivity contribution in [3.05, 3.63) is 11.4 Å². The maximum absolute atomic E-state index is 4.79. The van der Waals surface area contributed by atoms with Crippen molar-refractivity contribution in [2.75, 3.05) is 34.8 Å². The van der Waals surface area contributed by atoms with Crippen molar-refractivity contribution in [1.82, 2.24) is 9.97 Å². The molecule has 108 valence electrons. The summed E-state index contributed by atoms with van der Waals surface area (Å²) in [6.45, 7) is 6.43. The summed E-state index contributed by atoms with van der Waals surface area (Å²) in [6, 6.07) is 2.68. The molecule has 6 heteroatoms. The van der Waals surface area contributed by atoms with E-state index in [1.165, 1.54) is 16.9 Å². The Hall–Kier alpha value is -1.01. The number of thioether (sulfide) groups is 1. The first-order valence-electron chi connectivity index (χ1n) is 7.13. The van der Waals surface area contributed by atoms with E-state index in [1.54, 1.807) is 11.3 Å². The van der Waals surface area contributed by atoms with Crippen LogP contribution in [-0.4, -0.2) is 40.6 Å². The van der Waals surface area contributed by atoms with Crippen molar-refractivity contribution in [1.29, 1.82) is 0 Å². The zero-order chi connectivity index (χ0) is 13.9. The van der Waals surface area contributed by atoms with E-state index in [1.807, 2.05) is 11.8 Å². The van der Waals surface area contributed by atoms with E-state index in [9.17, 15) is 0 Å². The predicted molar refractivity (Wildman–Crippen MR) is 90.3 cm³/mol. The molecule has 0 saturated carbocycles. The molecule has 0 radical (unpaired) electrons. The lowest BCUT2D eigenvalue weighted by molar-refractivity contribution is 0.692. The maximum Gasteiger partial charge on any atom is 0.226 e. The quantitative estimate of drug-likeness (QED) is 0.937. The normalized spacial score (nSPS) is 19.5. The van der Waals surface area contributed by atoms with Gasteiger partial charge in [-0.3, -0.25) is 0 Å². The van der Waals surface area contributed by atoms with Gasteiger partial charge in [-0.25, -0.2) is 4.98 Å². The lowest BCUT2D eigenvalue weighted by atomic mass is 10.2. The van der Waals surface area contributed by atoms with Gasteiger partial charge < -0.3 is 10.2 Å². The average molecular weight is 308 g/mol. The van der Waals surface area contributed by atoms with Crippen LogP contribution < -0.4 is 10.2 Å². The second-order valence-corrected chi connectivity index (χ2v) is 7.10. The first-order chi connectivity index (χ1) is 9.79. The molecule has 1 N–H and O–H groups in total. The molecule has 2 aromatic heterocycles. The Bertz CT molecular complexity index is 584. The highest BCUT2D eigenvalue weighted by Crippen LogP contribution is 2.32. The summed E-state index contributed by atoms with van der Waals surface area (Å²) in [5.74, 6) is 4.22. The minimum atomic E-state index is 0.533. The molecule has 3 heterocycles. The number of rotatable bonds is 4. The molecule has 1 unspecified atom stereocenters. The number of nitrogens with one attached hydrogen (secondary N) is 1. The van der Waals surface area contributed by atoms with E-state index < -0.39 is 0 Å². The largest absolute Gasteiger partial charge is 0.354 e. The molecule has 20 heavy (non-hydrogen) atoms. The summed E-state index contributed by atoms with van der Waals surface area (Å²) in [5.41, 5.74) is 0. The number of anilines is 2. The van der Waals surface area contributed by atoms with Crippen LogP contribution in [-0.2, 0) is 0 Å². The summed E-state index contributed by atoms with van der Waals surface area (Å²) < 4.78 is 0. The van der Waals surface area contributed by atoms with Gasteiger partial charge in [-0.15, -0.1) is 11.3 Å². The fourth-order valence-electron chi connectivity index (χ4n) is 2.42. The fourth-order valence-corrected chi connectivity index (χ4v) is 4.19. The molecular formula is C14H20N4S2. The van der Waals surface area contributed by atoms with Crippen molar-refractivity contribution in [2.24, 2.45) is 0 Å². The summed E-state index contributed by atoms with van der Waals surface area (Å²) in [7, 11) is 0. The van der Waals surface area contributed by atoms with E-state index in [-0.39, 0.29) is 0 Å². The molecule has 4 nitrogen and oxygen atoms in total. The van der Waals surface area contributed by atoms with Gasteiger partial charge in [-0.05, 0) is 24.8 Å². The van der Waals surface area contributed by atoms with Gasteiger partial charge in [-0.1, -0.05) is 6.92 Å². The average Bonchev–Trinajstić information content (AvgIpc) is 2.93. The topological polar surface area (TPSA) is 41.1 Å². The Balaban J connectivity index is 2.00. The molecule has 0 spiro atoms. The van der Waals surface area contributed by atoms with Gasteiger partial charge in [0.15, 0.2) is 0 Å². The van der Waals surface area contributed by atoms with Gasteiger partial charge >= 0.3 is 0 Å². The predicted octanol–water partition coefficient (Wildman–Crippen LogP) is 3.45. The fraction of sp³-hybridized carbons (Fsp3) is 0.571. The van der Waals surface area contributed by atoms with Crippen LogP contribution in [0.4, 0.5) is 11.8 Å². The molecule has 1 fully saturated rings. The van der Waals surface area contributed by atoms with Crippen LogP contribution in [0.15, 0.2) is 11.4 Å². The summed E-state index contributed by atoms with van der Waals surface area (Å²) in [4.78, 5) is 12.9. The molecule has 0 aromatic carbocycles. The van der Waals surface area contributed by atoms with Crippen LogP contribution in [0.2, 0.25) is 0 Å². The monoisotopic (exact) mass is 308 g/mol. The zero-order valence-corrected chi connectivity index (χ0v) is 13.6. The number of nitrogens with zero attached hydrogens (tertiary/aromatic N) is 3. The van der Waals surface area contributed by atoms with Crippen LogP contribution >= 0.6 is 23.1 Å². The van der Waals surface area contributed by atoms with Gasteiger partial charge in [0.1, 0.15) is 10.6 Å². The Morgan fingerprint density at radius 3 is 3.15 bits per heavy atom. The minimum Gasteiger partial charge on any atom is -0.354 e. The van der Waals surface area contributed by atoms with Crippen LogP contribution in [0.1, 0.15) is 20.3 Å². The molecule has 0 amide bonds. The maximum atomic E-state index is 4.79. The van der Waals surface area contributed by atoms with Crippen molar-refractivity contribution in [3.63, 3.8) is 0 Å². The molecule has 2 aromatic rings. The lowest BCUT2D eigenvalue weighted by Gasteiger charge is -2.34. The van der Waals surface area contributed by atoms with E-state index in [4.69, 9.17) is 4.98 Å². The van der Waals surface area contributed by atoms with Crippen LogP contribution in [0.3, 0.4) is 0 Å². The van der Waals surface area contributed by atoms with Gasteiger partial charge in [0.2, 0.25) is 5.95 Å². The standard InChI is InChI=1S/C14H20N4S2/c1-3-5-15-14-16-12(11-4-7-20-13(11)17-14)18-6-8-19-9-10(18)2/h4,7,10H,3,5-6,8-9H2,1-2H3,(H,15,16,17). The van der Waals surface area contributed by atoms with Gasteiger partial charge in [0.25, 0.3) is 0 Å². The third kappa shape index (κ3) is 2.72. The third-order valence-corrected chi connectivity index (χ3v) is 5.47. The van der Waals surface area contributed by atoms with E-state index in [0.29, 0.717) is 6.04 Å². The number of aromatic nitrogens is 2. The molecular weight excluding hydrogens is 288 g/mol. The van der Waals surface area contributed by atoms with E-state index in [2.05, 4.69) is 40.5 Å². The highest BCUT2D eigenvalue weighted by Gasteiger charge is 2.23. The number of hydrogen-bond acceptors (Lipinski definition) is 6. The lowest BCUT2D eigenvalue weighted by Crippen LogP contribution is -2.41. The van der Waals surface area contributed by atoms with Crippen molar-refractivity contribution < 1.29 is 0 Å². The smallest absolute Gasteiger partial charge is 0.226 e. The van der Waals surface area contributed by atoms with Crippen molar-refractivity contribution in [2.45, 2.75) is 26.3 Å². The number of thiophene rings is 1. The van der Waals surface area contributed by atoms with Crippen LogP contribution in [0.25, 0.3) is 10.2 Å². The molecule has 0 bridgehead atoms. The highest BCUT2D eigenvalue weighted by atomic mass is 32.2. The highest BCUT2D eigenvalue weighted by molar-refractivity contribution is 7.99. The van der Waals surface area contributed by atoms with Crippen molar-refractivity contribution >= 4 is 45.1 Å². The third-order valence-electron chi connectivity index (χ3n) is 3.48. The second-order valence-electron chi connectivity index (χ2n) is 5.05. The van der Waals surface area contributed by atoms with Crippen LogP contribution in [0, 0.1) is 0 Å². The zero-order valence-electron chi connectivity index (χ0n) is 11.9. The summed E-state index contributed by atoms with van der Waals surface area (Å²) in [6.07, 6.45) is 1.08. The van der Waals surface area contributed by atoms with Crippen LogP contribution in [0.5, 0.6) is 0 Å². The first-order valence-corrected chi connectivity index (χ1v) is 9.16. The molecule has 1 aliphatic heterocycles.